The lowest BCUT2D eigenvalue weighted by Gasteiger charge is -2.28. The largest absolute Gasteiger partial charge is 0.375 e. The van der Waals surface area contributed by atoms with Gasteiger partial charge in [-0.2, -0.15) is 0 Å². The fourth-order valence-corrected chi connectivity index (χ4v) is 4.81. The van der Waals surface area contributed by atoms with Gasteiger partial charge in [-0.25, -0.2) is 0 Å². The molecule has 3 fully saturated rings. The summed E-state index contributed by atoms with van der Waals surface area (Å²) >= 11 is 0. The van der Waals surface area contributed by atoms with Gasteiger partial charge in [0.15, 0.2) is 5.60 Å². The Kier molecular flexibility index (Phi) is 4.06. The first kappa shape index (κ1) is 17.0. The third-order valence-electron chi connectivity index (χ3n) is 6.54. The van der Waals surface area contributed by atoms with Gasteiger partial charge in [-0.1, -0.05) is 60.7 Å². The second-order valence-electron chi connectivity index (χ2n) is 8.41. The Morgan fingerprint density at radius 2 is 1.59 bits per heavy atom. The highest BCUT2D eigenvalue weighted by molar-refractivity contribution is 5.87. The number of piperidine rings is 1. The Hall–Kier alpha value is -2.17. The fraction of sp³-hybridized carbons (Fsp3) is 0.435. The first-order valence-corrected chi connectivity index (χ1v) is 10.0. The van der Waals surface area contributed by atoms with Gasteiger partial charge in [-0.3, -0.25) is 9.69 Å². The van der Waals surface area contributed by atoms with E-state index in [-0.39, 0.29) is 17.9 Å². The van der Waals surface area contributed by atoms with Crippen LogP contribution < -0.4 is 5.32 Å². The molecule has 0 radical (unpaired) electrons. The lowest BCUT2D eigenvalue weighted by atomic mass is 9.87. The number of nitrogens with zero attached hydrogens (tertiary/aromatic N) is 1. The monoisotopic (exact) mass is 362 g/mol. The number of fused-ring (bicyclic) bond motifs is 1. The predicted octanol–water partition coefficient (Wildman–Crippen LogP) is 2.53. The smallest absolute Gasteiger partial charge is 0.257 e. The second-order valence-corrected chi connectivity index (χ2v) is 8.41. The molecular formula is C23H26N2O2. The molecule has 1 saturated heterocycles. The Morgan fingerprint density at radius 1 is 1.00 bits per heavy atom. The molecule has 2 saturated carbocycles. The summed E-state index contributed by atoms with van der Waals surface area (Å²) < 4.78 is 0. The van der Waals surface area contributed by atoms with E-state index in [1.54, 1.807) is 0 Å². The van der Waals surface area contributed by atoms with Crippen LogP contribution in [0.15, 0.2) is 60.7 Å². The van der Waals surface area contributed by atoms with Crippen molar-refractivity contribution in [3.8, 4) is 0 Å². The molecule has 27 heavy (non-hydrogen) atoms. The molecule has 140 valence electrons. The molecule has 4 atom stereocenters. The maximum Gasteiger partial charge on any atom is 0.257 e. The molecule has 2 N–H and O–H groups in total. The molecule has 0 aromatic heterocycles. The third-order valence-corrected chi connectivity index (χ3v) is 6.54. The molecule has 0 bridgehead atoms. The van der Waals surface area contributed by atoms with Gasteiger partial charge >= 0.3 is 0 Å². The van der Waals surface area contributed by atoms with Crippen LogP contribution in [-0.2, 0) is 16.9 Å². The van der Waals surface area contributed by atoms with Crippen molar-refractivity contribution < 1.29 is 9.90 Å². The molecule has 0 spiro atoms. The molecular weight excluding hydrogens is 336 g/mol. The third kappa shape index (κ3) is 3.07. The highest BCUT2D eigenvalue weighted by atomic mass is 16.3. The Labute approximate surface area is 160 Å². The summed E-state index contributed by atoms with van der Waals surface area (Å²) in [7, 11) is 0. The van der Waals surface area contributed by atoms with Crippen LogP contribution in [0.1, 0.15) is 24.0 Å². The lowest BCUT2D eigenvalue weighted by molar-refractivity contribution is -0.143. The van der Waals surface area contributed by atoms with Gasteiger partial charge in [0.25, 0.3) is 5.91 Å². The minimum Gasteiger partial charge on any atom is -0.375 e. The fourth-order valence-electron chi connectivity index (χ4n) is 4.81. The summed E-state index contributed by atoms with van der Waals surface area (Å²) in [6, 6.07) is 20.2. The van der Waals surface area contributed by atoms with E-state index in [4.69, 9.17) is 0 Å². The zero-order chi connectivity index (χ0) is 18.4. The lowest BCUT2D eigenvalue weighted by Crippen LogP contribution is -2.48. The minimum atomic E-state index is -1.37. The van der Waals surface area contributed by atoms with Crippen molar-refractivity contribution >= 4 is 5.91 Å². The summed E-state index contributed by atoms with van der Waals surface area (Å²) in [4.78, 5) is 15.5. The van der Waals surface area contributed by atoms with Gasteiger partial charge in [0.05, 0.1) is 0 Å². The Balaban J connectivity index is 1.21. The van der Waals surface area contributed by atoms with Crippen LogP contribution in [0.4, 0.5) is 0 Å². The second kappa shape index (κ2) is 6.47. The molecule has 2 aromatic rings. The maximum absolute atomic E-state index is 13.0. The average molecular weight is 362 g/mol. The summed E-state index contributed by atoms with van der Waals surface area (Å²) in [6.45, 7) is 3.03. The number of aliphatic hydroxyl groups is 1. The summed E-state index contributed by atoms with van der Waals surface area (Å²) in [6.07, 6.45) is 1.84. The van der Waals surface area contributed by atoms with E-state index in [1.807, 2.05) is 36.4 Å². The van der Waals surface area contributed by atoms with E-state index in [1.165, 1.54) is 5.56 Å². The molecule has 4 nitrogen and oxygen atoms in total. The maximum atomic E-state index is 13.0. The van der Waals surface area contributed by atoms with E-state index in [2.05, 4.69) is 34.5 Å². The molecule has 5 rings (SSSR count). The van der Waals surface area contributed by atoms with E-state index >= 15 is 0 Å². The molecule has 1 amide bonds. The van der Waals surface area contributed by atoms with Crippen LogP contribution >= 0.6 is 0 Å². The normalized spacial score (nSPS) is 29.0. The van der Waals surface area contributed by atoms with Crippen molar-refractivity contribution in [3.05, 3.63) is 71.8 Å². The number of hydrogen-bond acceptors (Lipinski definition) is 3. The van der Waals surface area contributed by atoms with E-state index in [0.29, 0.717) is 11.8 Å². The molecule has 2 aromatic carbocycles. The van der Waals surface area contributed by atoms with Gasteiger partial charge in [0.2, 0.25) is 0 Å². The van der Waals surface area contributed by atoms with Crippen LogP contribution in [0.3, 0.4) is 0 Å². The van der Waals surface area contributed by atoms with Crippen LogP contribution in [0.5, 0.6) is 0 Å². The van der Waals surface area contributed by atoms with Crippen molar-refractivity contribution in [2.24, 2.45) is 17.8 Å². The quantitative estimate of drug-likeness (QED) is 0.830. The zero-order valence-electron chi connectivity index (χ0n) is 15.4. The van der Waals surface area contributed by atoms with Gasteiger partial charge < -0.3 is 10.4 Å². The number of carbonyl (C=O) groups is 1. The average Bonchev–Trinajstić information content (AvgIpc) is 3.61. The Morgan fingerprint density at radius 3 is 2.19 bits per heavy atom. The van der Waals surface area contributed by atoms with E-state index in [9.17, 15) is 9.90 Å². The standard InChI is InChI=1S/C23H26N2O2/c26-22(23(27,18-11-12-18)17-9-5-2-6-10-17)24-21-19-14-25(15-20(19)21)13-16-7-3-1-4-8-16/h1-10,18-21,27H,11-15H2,(H,24,26)/t19-,20?,21?,23?/m0/s1. The first-order valence-electron chi connectivity index (χ1n) is 10.0. The molecule has 1 heterocycles. The van der Waals surface area contributed by atoms with Gasteiger partial charge in [0.1, 0.15) is 0 Å². The van der Waals surface area contributed by atoms with Crippen molar-refractivity contribution in [2.45, 2.75) is 31.0 Å². The van der Waals surface area contributed by atoms with Crippen LogP contribution in [0, 0.1) is 17.8 Å². The summed E-state index contributed by atoms with van der Waals surface area (Å²) in [5.74, 6) is 0.895. The summed E-state index contributed by atoms with van der Waals surface area (Å²) in [5.41, 5.74) is 0.690. The summed E-state index contributed by atoms with van der Waals surface area (Å²) in [5, 5.41) is 14.4. The van der Waals surface area contributed by atoms with Crippen LogP contribution in [0.2, 0.25) is 0 Å². The van der Waals surface area contributed by atoms with Crippen LogP contribution in [0.25, 0.3) is 0 Å². The number of likely N-dealkylation sites (tertiary alicyclic amines) is 1. The van der Waals surface area contributed by atoms with Gasteiger partial charge in [-0.05, 0) is 35.8 Å². The van der Waals surface area contributed by atoms with Crippen LogP contribution in [-0.4, -0.2) is 35.0 Å². The topological polar surface area (TPSA) is 52.6 Å². The molecule has 3 aliphatic rings. The number of hydrogen-bond donors (Lipinski definition) is 2. The number of benzene rings is 2. The van der Waals surface area contributed by atoms with Gasteiger partial charge in [0, 0.05) is 31.6 Å². The van der Waals surface area contributed by atoms with Crippen molar-refractivity contribution in [1.29, 1.82) is 0 Å². The molecule has 4 heteroatoms. The van der Waals surface area contributed by atoms with Crippen molar-refractivity contribution in [2.75, 3.05) is 13.1 Å². The SMILES string of the molecule is O=C(NC1C2CN(Cc3ccccc3)C[C@@H]21)C(O)(c1ccccc1)C1CC1. The molecule has 1 aliphatic heterocycles. The van der Waals surface area contributed by atoms with Crippen molar-refractivity contribution in [1.82, 2.24) is 10.2 Å². The number of amides is 1. The van der Waals surface area contributed by atoms with E-state index in [0.717, 1.165) is 38.0 Å². The van der Waals surface area contributed by atoms with Gasteiger partial charge in [-0.15, -0.1) is 0 Å². The molecule has 3 unspecified atom stereocenters. The number of carbonyl (C=O) groups excluding carboxylic acids is 1. The highest BCUT2D eigenvalue weighted by Gasteiger charge is 2.59. The Bertz CT molecular complexity index is 809. The predicted molar refractivity (Wildman–Crippen MR) is 104 cm³/mol. The van der Waals surface area contributed by atoms with Crippen molar-refractivity contribution in [3.63, 3.8) is 0 Å². The first-order chi connectivity index (χ1) is 13.2. The zero-order valence-corrected chi connectivity index (χ0v) is 15.4. The molecule has 2 aliphatic carbocycles. The number of rotatable bonds is 6. The number of nitrogens with one attached hydrogen (secondary N) is 1. The highest BCUT2D eigenvalue weighted by Crippen LogP contribution is 2.49. The minimum absolute atomic E-state index is 0.0491. The van der Waals surface area contributed by atoms with E-state index < -0.39 is 5.60 Å².